The van der Waals surface area contributed by atoms with Crippen LogP contribution in [0.15, 0.2) is 83.9 Å². The average Bonchev–Trinajstić information content (AvgIpc) is 4.00. The largest absolute Gasteiger partial charge is 0.369 e. The van der Waals surface area contributed by atoms with Crippen LogP contribution >= 0.6 is 22.7 Å². The molecule has 0 fully saturated rings. The van der Waals surface area contributed by atoms with Crippen molar-refractivity contribution < 1.29 is 9.90 Å². The second-order valence-electron chi connectivity index (χ2n) is 15.4. The van der Waals surface area contributed by atoms with Gasteiger partial charge < -0.3 is 26.4 Å². The Morgan fingerprint density at radius 2 is 1.13 bits per heavy atom. The summed E-state index contributed by atoms with van der Waals surface area (Å²) in [6, 6.07) is 26.0. The fourth-order valence-electron chi connectivity index (χ4n) is 8.22. The number of aliphatic hydroxyl groups excluding tert-OH is 1. The Labute approximate surface area is 338 Å². The van der Waals surface area contributed by atoms with Crippen LogP contribution in [0.5, 0.6) is 0 Å². The molecule has 3 atom stereocenters. The first-order chi connectivity index (χ1) is 26.8. The number of benzene rings is 2. The third-order valence-electron chi connectivity index (χ3n) is 11.6. The van der Waals surface area contributed by atoms with Gasteiger partial charge in [0.05, 0.1) is 26.7 Å². The minimum atomic E-state index is -0.910. The molecule has 1 amide bonds. The first kappa shape index (κ1) is 41.1. The second kappa shape index (κ2) is 19.6. The van der Waals surface area contributed by atoms with Gasteiger partial charge in [0.15, 0.2) is 6.23 Å². The molecule has 4 heterocycles. The van der Waals surface area contributed by atoms with Crippen LogP contribution in [0.2, 0.25) is 0 Å². The summed E-state index contributed by atoms with van der Waals surface area (Å²) in [6.45, 7) is 11.6. The minimum Gasteiger partial charge on any atom is -0.369 e. The maximum absolute atomic E-state index is 15.2. The molecule has 6 nitrogen and oxygen atoms in total. The Morgan fingerprint density at radius 3 is 1.64 bits per heavy atom. The Kier molecular flexibility index (Phi) is 14.6. The third kappa shape index (κ3) is 9.21. The SMILES string of the molecule is CCCCCC(CC)CN1C(c2ccc(-c3ccc(CCN)cc3)s2)=C2C(=O)N(CC(CC)CCCC)C(c3ccc(-c4ccc(CCN)cc4)s3)=C2C1O. The van der Waals surface area contributed by atoms with Gasteiger partial charge in [0.1, 0.15) is 0 Å². The van der Waals surface area contributed by atoms with Gasteiger partial charge in [-0.1, -0.05) is 121 Å². The van der Waals surface area contributed by atoms with Crippen LogP contribution < -0.4 is 11.5 Å². The summed E-state index contributed by atoms with van der Waals surface area (Å²) in [5.74, 6) is 0.816. The molecule has 2 aliphatic rings. The quantitative estimate of drug-likeness (QED) is 0.0732. The Bertz CT molecular complexity index is 1920. The van der Waals surface area contributed by atoms with Crippen molar-refractivity contribution in [3.05, 3.63) is 105 Å². The van der Waals surface area contributed by atoms with Gasteiger partial charge in [-0.15, -0.1) is 22.7 Å². The molecule has 0 aliphatic carbocycles. The molecule has 0 bridgehead atoms. The topological polar surface area (TPSA) is 95.8 Å². The van der Waals surface area contributed by atoms with E-state index in [1.54, 1.807) is 22.7 Å². The predicted molar refractivity (Wildman–Crippen MR) is 235 cm³/mol. The van der Waals surface area contributed by atoms with Gasteiger partial charge in [0.25, 0.3) is 5.91 Å². The minimum absolute atomic E-state index is 0.0257. The highest BCUT2D eigenvalue weighted by Crippen LogP contribution is 2.52. The molecule has 2 aromatic heterocycles. The molecule has 8 heteroatoms. The summed E-state index contributed by atoms with van der Waals surface area (Å²) < 4.78 is 0. The Hall–Kier alpha value is -3.53. The fraction of sp³-hybridized carbons (Fsp3) is 0.468. The number of nitrogens with zero attached hydrogens (tertiary/aromatic N) is 2. The smallest absolute Gasteiger partial charge is 0.261 e. The number of hydrogen-bond acceptors (Lipinski definition) is 7. The summed E-state index contributed by atoms with van der Waals surface area (Å²) in [7, 11) is 0. The summed E-state index contributed by atoms with van der Waals surface area (Å²) in [5, 5.41) is 12.7. The zero-order valence-corrected chi connectivity index (χ0v) is 35.1. The number of fused-ring (bicyclic) bond motifs is 1. The van der Waals surface area contributed by atoms with E-state index in [1.807, 2.05) is 4.90 Å². The van der Waals surface area contributed by atoms with Crippen molar-refractivity contribution in [3.8, 4) is 20.9 Å². The predicted octanol–water partition coefficient (Wildman–Crippen LogP) is 10.6. The van der Waals surface area contributed by atoms with E-state index in [9.17, 15) is 5.11 Å². The number of aliphatic hydroxyl groups is 1. The molecule has 4 aromatic rings. The number of rotatable bonds is 21. The van der Waals surface area contributed by atoms with E-state index in [-0.39, 0.29) is 5.91 Å². The van der Waals surface area contributed by atoms with E-state index < -0.39 is 6.23 Å². The standard InChI is InChI=1S/C47H62N4O2S2/c1-5-9-11-13-33(8-4)31-51-45(41-25-23-39(55-41)37-20-16-35(17-21-37)27-29-49)43-42(47(51)53)44(50(46(43)52)30-32(7-3)12-10-6-2)40-24-22-38(54-40)36-18-14-34(15-19-36)26-28-48/h14-25,32-33,47,53H,5-13,26-31,48-49H2,1-4H3. The van der Waals surface area contributed by atoms with Crippen LogP contribution in [0, 0.1) is 11.8 Å². The normalized spacial score (nSPS) is 16.9. The van der Waals surface area contributed by atoms with Crippen molar-refractivity contribution in [3.63, 3.8) is 0 Å². The molecular weight excluding hydrogens is 717 g/mol. The summed E-state index contributed by atoms with van der Waals surface area (Å²) >= 11 is 3.43. The number of amides is 1. The summed E-state index contributed by atoms with van der Waals surface area (Å²) in [5.41, 5.74) is 19.7. The maximum Gasteiger partial charge on any atom is 0.261 e. The van der Waals surface area contributed by atoms with Crippen LogP contribution in [0.4, 0.5) is 0 Å². The zero-order chi connectivity index (χ0) is 38.9. The number of hydrogen-bond donors (Lipinski definition) is 3. The highest BCUT2D eigenvalue weighted by atomic mass is 32.1. The first-order valence-electron chi connectivity index (χ1n) is 20.9. The molecule has 3 unspecified atom stereocenters. The van der Waals surface area contributed by atoms with Gasteiger partial charge in [0, 0.05) is 28.4 Å². The molecule has 2 aliphatic heterocycles. The van der Waals surface area contributed by atoms with Crippen molar-refractivity contribution in [2.75, 3.05) is 26.2 Å². The van der Waals surface area contributed by atoms with Gasteiger partial charge in [-0.2, -0.15) is 0 Å². The molecule has 5 N–H and O–H groups in total. The highest BCUT2D eigenvalue weighted by molar-refractivity contribution is 7.17. The lowest BCUT2D eigenvalue weighted by Gasteiger charge is -2.32. The van der Waals surface area contributed by atoms with E-state index in [0.717, 1.165) is 99.0 Å². The molecule has 0 saturated carbocycles. The van der Waals surface area contributed by atoms with Crippen LogP contribution in [-0.2, 0) is 17.6 Å². The molecule has 0 radical (unpaired) electrons. The average molecular weight is 779 g/mol. The van der Waals surface area contributed by atoms with Crippen LogP contribution in [0.3, 0.4) is 0 Å². The van der Waals surface area contributed by atoms with Crippen LogP contribution in [0.25, 0.3) is 32.3 Å². The number of carbonyl (C=O) groups excluding carboxylic acids is 1. The Morgan fingerprint density at radius 1 is 0.636 bits per heavy atom. The molecular formula is C47H62N4O2S2. The maximum atomic E-state index is 15.2. The van der Waals surface area contributed by atoms with Crippen molar-refractivity contribution in [1.29, 1.82) is 0 Å². The lowest BCUT2D eigenvalue weighted by atomic mass is 9.97. The van der Waals surface area contributed by atoms with E-state index in [2.05, 4.69) is 105 Å². The van der Waals surface area contributed by atoms with Crippen molar-refractivity contribution in [2.45, 2.75) is 105 Å². The zero-order valence-electron chi connectivity index (χ0n) is 33.5. The van der Waals surface area contributed by atoms with Gasteiger partial charge in [0.2, 0.25) is 0 Å². The molecule has 2 aromatic carbocycles. The van der Waals surface area contributed by atoms with E-state index in [1.165, 1.54) is 30.4 Å². The monoisotopic (exact) mass is 778 g/mol. The van der Waals surface area contributed by atoms with Gasteiger partial charge in [-0.3, -0.25) is 4.79 Å². The van der Waals surface area contributed by atoms with E-state index in [4.69, 9.17) is 11.5 Å². The number of carbonyl (C=O) groups is 1. The van der Waals surface area contributed by atoms with E-state index >= 15 is 4.79 Å². The lowest BCUT2D eigenvalue weighted by molar-refractivity contribution is -0.123. The molecule has 6 rings (SSSR count). The van der Waals surface area contributed by atoms with Gasteiger partial charge >= 0.3 is 0 Å². The number of unbranched alkanes of at least 4 members (excludes halogenated alkanes) is 3. The summed E-state index contributed by atoms with van der Waals surface area (Å²) in [4.78, 5) is 23.8. The Balaban J connectivity index is 1.48. The third-order valence-corrected chi connectivity index (χ3v) is 13.9. The van der Waals surface area contributed by atoms with Crippen LogP contribution in [-0.4, -0.2) is 53.2 Å². The number of thiophene rings is 2. The van der Waals surface area contributed by atoms with Crippen molar-refractivity contribution in [1.82, 2.24) is 9.80 Å². The highest BCUT2D eigenvalue weighted by Gasteiger charge is 2.49. The van der Waals surface area contributed by atoms with Gasteiger partial charge in [-0.05, 0) is 97.1 Å². The van der Waals surface area contributed by atoms with Crippen molar-refractivity contribution >= 4 is 40.0 Å². The molecule has 0 spiro atoms. The lowest BCUT2D eigenvalue weighted by Crippen LogP contribution is -2.36. The molecule has 55 heavy (non-hydrogen) atoms. The second-order valence-corrected chi connectivity index (χ2v) is 17.6. The first-order valence-corrected chi connectivity index (χ1v) is 22.5. The molecule has 294 valence electrons. The number of nitrogens with two attached hydrogens (primary N) is 2. The van der Waals surface area contributed by atoms with E-state index in [0.29, 0.717) is 43.6 Å². The molecule has 0 saturated heterocycles. The van der Waals surface area contributed by atoms with Gasteiger partial charge in [-0.25, -0.2) is 0 Å². The summed E-state index contributed by atoms with van der Waals surface area (Å²) in [6.07, 6.45) is 10.9. The van der Waals surface area contributed by atoms with Crippen molar-refractivity contribution in [2.24, 2.45) is 23.3 Å². The van der Waals surface area contributed by atoms with Crippen LogP contribution in [0.1, 0.15) is 106 Å². The fourth-order valence-corrected chi connectivity index (χ4v) is 10.4.